The Kier molecular flexibility index (Phi) is 3.66. The van der Waals surface area contributed by atoms with Crippen molar-refractivity contribution in [1.82, 2.24) is 19.5 Å². The highest BCUT2D eigenvalue weighted by Crippen LogP contribution is 2.38. The van der Waals surface area contributed by atoms with E-state index in [1.165, 1.54) is 27.9 Å². The molecule has 0 bridgehead atoms. The zero-order valence-corrected chi connectivity index (χ0v) is 14.2. The van der Waals surface area contributed by atoms with Crippen molar-refractivity contribution in [3.63, 3.8) is 0 Å². The van der Waals surface area contributed by atoms with Crippen LogP contribution in [0.2, 0.25) is 0 Å². The van der Waals surface area contributed by atoms with E-state index in [0.717, 1.165) is 6.42 Å². The lowest BCUT2D eigenvalue weighted by Gasteiger charge is -2.39. The minimum atomic E-state index is -0.198. The van der Waals surface area contributed by atoms with Gasteiger partial charge in [-0.2, -0.15) is 5.26 Å². The van der Waals surface area contributed by atoms with Crippen molar-refractivity contribution in [3.05, 3.63) is 69.3 Å². The lowest BCUT2D eigenvalue weighted by Crippen LogP contribution is -2.39. The first-order valence-corrected chi connectivity index (χ1v) is 8.36. The Morgan fingerprint density at radius 2 is 2.28 bits per heavy atom. The minimum Gasteiger partial charge on any atom is -0.297 e. The molecule has 0 spiro atoms. The van der Waals surface area contributed by atoms with Gasteiger partial charge < -0.3 is 0 Å². The Morgan fingerprint density at radius 1 is 1.48 bits per heavy atom. The van der Waals surface area contributed by atoms with Gasteiger partial charge in [0, 0.05) is 30.8 Å². The summed E-state index contributed by atoms with van der Waals surface area (Å²) < 4.78 is 1.30. The summed E-state index contributed by atoms with van der Waals surface area (Å²) in [6.45, 7) is 2.78. The van der Waals surface area contributed by atoms with E-state index in [2.05, 4.69) is 59.3 Å². The summed E-state index contributed by atoms with van der Waals surface area (Å²) in [5.41, 5.74) is 4.10. The number of hydrogen-bond acceptors (Lipinski definition) is 4. The Hall–Kier alpha value is -2.91. The number of nitriles is 1. The average molecular weight is 333 g/mol. The molecule has 0 aliphatic heterocycles. The topological polar surface area (TPSA) is 77.2 Å². The standard InChI is InChI=1S/C19H19N5O/c1-12(17-7-13-5-3-4-6-16(13)17)23(2)11-15-8-18(25)24-19(22-15)14(9-20)10-21-24/h3-6,8,10,12,17,21H,7,11H2,1-2H3. The third-order valence-corrected chi connectivity index (χ3v) is 5.25. The molecule has 2 heterocycles. The molecule has 1 N–H and O–H groups in total. The fraction of sp³-hybridized carbons (Fsp3) is 0.316. The van der Waals surface area contributed by atoms with Crippen LogP contribution >= 0.6 is 0 Å². The van der Waals surface area contributed by atoms with Crippen LogP contribution in [0.15, 0.2) is 41.3 Å². The highest BCUT2D eigenvalue weighted by molar-refractivity contribution is 5.53. The van der Waals surface area contributed by atoms with Crippen molar-refractivity contribution in [1.29, 1.82) is 5.26 Å². The molecular weight excluding hydrogens is 314 g/mol. The number of aromatic nitrogens is 3. The van der Waals surface area contributed by atoms with Crippen molar-refractivity contribution in [3.8, 4) is 6.07 Å². The molecule has 6 heteroatoms. The molecule has 1 aliphatic rings. The maximum absolute atomic E-state index is 12.2. The monoisotopic (exact) mass is 333 g/mol. The first-order chi connectivity index (χ1) is 12.1. The minimum absolute atomic E-state index is 0.198. The van der Waals surface area contributed by atoms with Gasteiger partial charge in [-0.3, -0.25) is 14.8 Å². The molecule has 2 unspecified atom stereocenters. The van der Waals surface area contributed by atoms with Gasteiger partial charge in [-0.05, 0) is 31.5 Å². The third-order valence-electron chi connectivity index (χ3n) is 5.25. The van der Waals surface area contributed by atoms with E-state index in [-0.39, 0.29) is 5.56 Å². The van der Waals surface area contributed by atoms with Gasteiger partial charge in [0.25, 0.3) is 5.56 Å². The number of rotatable bonds is 4. The predicted molar refractivity (Wildman–Crippen MR) is 94.3 cm³/mol. The van der Waals surface area contributed by atoms with Crippen LogP contribution in [0, 0.1) is 11.3 Å². The zero-order chi connectivity index (χ0) is 17.6. The molecule has 1 aliphatic carbocycles. The van der Waals surface area contributed by atoms with E-state index < -0.39 is 0 Å². The number of nitrogens with zero attached hydrogens (tertiary/aromatic N) is 4. The second-order valence-corrected chi connectivity index (χ2v) is 6.71. The summed E-state index contributed by atoms with van der Waals surface area (Å²) in [4.78, 5) is 18.9. The fourth-order valence-corrected chi connectivity index (χ4v) is 3.63. The maximum Gasteiger partial charge on any atom is 0.272 e. The summed E-state index contributed by atoms with van der Waals surface area (Å²) in [5.74, 6) is 0.507. The maximum atomic E-state index is 12.2. The van der Waals surface area contributed by atoms with E-state index in [0.29, 0.717) is 35.4 Å². The highest BCUT2D eigenvalue weighted by Gasteiger charge is 2.32. The van der Waals surface area contributed by atoms with Gasteiger partial charge >= 0.3 is 0 Å². The summed E-state index contributed by atoms with van der Waals surface area (Å²) in [6.07, 6.45) is 2.60. The molecule has 0 fully saturated rings. The number of benzene rings is 1. The number of likely N-dealkylation sites (N-methyl/N-ethyl adjacent to an activating group) is 1. The molecular formula is C19H19N5O. The van der Waals surface area contributed by atoms with E-state index in [9.17, 15) is 4.79 Å². The van der Waals surface area contributed by atoms with Crippen LogP contribution in [-0.4, -0.2) is 32.6 Å². The SMILES string of the molecule is CC(C1Cc2ccccc21)N(C)Cc1cc(=O)n2[nH]cc(C#N)c2n1. The third kappa shape index (κ3) is 2.53. The van der Waals surface area contributed by atoms with Crippen LogP contribution in [0.25, 0.3) is 5.65 Å². The summed E-state index contributed by atoms with van der Waals surface area (Å²) in [6, 6.07) is 12.5. The second-order valence-electron chi connectivity index (χ2n) is 6.71. The Balaban J connectivity index is 1.57. The van der Waals surface area contributed by atoms with Crippen molar-refractivity contribution in [2.45, 2.75) is 31.8 Å². The van der Waals surface area contributed by atoms with Crippen LogP contribution in [0.3, 0.4) is 0 Å². The zero-order valence-electron chi connectivity index (χ0n) is 14.2. The highest BCUT2D eigenvalue weighted by atomic mass is 16.1. The Bertz CT molecular complexity index is 1040. The molecule has 2 atom stereocenters. The van der Waals surface area contributed by atoms with Crippen molar-refractivity contribution >= 4 is 5.65 Å². The van der Waals surface area contributed by atoms with Crippen LogP contribution in [0.1, 0.15) is 35.2 Å². The molecule has 25 heavy (non-hydrogen) atoms. The van der Waals surface area contributed by atoms with Gasteiger partial charge in [0.15, 0.2) is 5.65 Å². The number of aromatic amines is 1. The van der Waals surface area contributed by atoms with Gasteiger partial charge in [0.2, 0.25) is 0 Å². The van der Waals surface area contributed by atoms with E-state index in [1.807, 2.05) is 0 Å². The number of H-pyrrole nitrogens is 1. The fourth-order valence-electron chi connectivity index (χ4n) is 3.63. The van der Waals surface area contributed by atoms with E-state index in [1.54, 1.807) is 0 Å². The first kappa shape index (κ1) is 15.6. The number of nitrogens with one attached hydrogen (secondary N) is 1. The molecule has 0 saturated carbocycles. The molecule has 1 aromatic carbocycles. The Labute approximate surface area is 145 Å². The quantitative estimate of drug-likeness (QED) is 0.793. The smallest absolute Gasteiger partial charge is 0.272 e. The van der Waals surface area contributed by atoms with Crippen molar-refractivity contribution < 1.29 is 0 Å². The van der Waals surface area contributed by atoms with Gasteiger partial charge in [0.05, 0.1) is 5.69 Å². The largest absolute Gasteiger partial charge is 0.297 e. The molecule has 126 valence electrons. The molecule has 0 radical (unpaired) electrons. The van der Waals surface area contributed by atoms with Crippen LogP contribution in [0.4, 0.5) is 0 Å². The van der Waals surface area contributed by atoms with E-state index >= 15 is 0 Å². The summed E-state index contributed by atoms with van der Waals surface area (Å²) in [7, 11) is 2.05. The van der Waals surface area contributed by atoms with Crippen LogP contribution < -0.4 is 5.56 Å². The summed E-state index contributed by atoms with van der Waals surface area (Å²) in [5, 5.41) is 11.9. The lowest BCUT2D eigenvalue weighted by atomic mass is 9.73. The molecule has 6 nitrogen and oxygen atoms in total. The molecule has 4 rings (SSSR count). The van der Waals surface area contributed by atoms with Crippen LogP contribution in [0.5, 0.6) is 0 Å². The number of hydrogen-bond donors (Lipinski definition) is 1. The van der Waals surface area contributed by atoms with Crippen molar-refractivity contribution in [2.75, 3.05) is 7.05 Å². The Morgan fingerprint density at radius 3 is 3.04 bits per heavy atom. The van der Waals surface area contributed by atoms with Gasteiger partial charge in [-0.25, -0.2) is 9.50 Å². The van der Waals surface area contributed by atoms with Gasteiger partial charge in [-0.1, -0.05) is 24.3 Å². The first-order valence-electron chi connectivity index (χ1n) is 8.36. The second kappa shape index (κ2) is 5.87. The summed E-state index contributed by atoms with van der Waals surface area (Å²) >= 11 is 0. The van der Waals surface area contributed by atoms with Gasteiger partial charge in [-0.15, -0.1) is 0 Å². The molecule has 0 amide bonds. The molecule has 2 aromatic heterocycles. The van der Waals surface area contributed by atoms with Gasteiger partial charge in [0.1, 0.15) is 11.6 Å². The van der Waals surface area contributed by atoms with Crippen molar-refractivity contribution in [2.24, 2.45) is 0 Å². The average Bonchev–Trinajstić information content (AvgIpc) is 2.99. The van der Waals surface area contributed by atoms with E-state index in [4.69, 9.17) is 5.26 Å². The van der Waals surface area contributed by atoms with Crippen LogP contribution in [-0.2, 0) is 13.0 Å². The normalized spacial score (nSPS) is 17.1. The predicted octanol–water partition coefficient (Wildman–Crippen LogP) is 2.05. The number of fused-ring (bicyclic) bond motifs is 2. The molecule has 3 aromatic rings. The molecule has 0 saturated heterocycles. The lowest BCUT2D eigenvalue weighted by molar-refractivity contribution is 0.204.